The summed E-state index contributed by atoms with van der Waals surface area (Å²) in [5.74, 6) is 0. The van der Waals surface area contributed by atoms with Gasteiger partial charge in [-0.1, -0.05) is 54.6 Å². The number of nitrogens with zero attached hydrogens (tertiary/aromatic N) is 1. The fourth-order valence-electron chi connectivity index (χ4n) is 3.11. The quantitative estimate of drug-likeness (QED) is 0.446. The fourth-order valence-corrected chi connectivity index (χ4v) is 8.07. The van der Waals surface area contributed by atoms with Crippen LogP contribution in [0.3, 0.4) is 0 Å². The van der Waals surface area contributed by atoms with Crippen LogP contribution < -0.4 is 32.9 Å². The summed E-state index contributed by atoms with van der Waals surface area (Å²) in [6.07, 6.45) is 2.01. The van der Waals surface area contributed by atoms with Crippen molar-refractivity contribution >= 4 is 34.9 Å². The van der Waals surface area contributed by atoms with Crippen LogP contribution in [0.4, 0.5) is 0 Å². The van der Waals surface area contributed by atoms with Crippen LogP contribution >= 0.6 is 19.0 Å². The molecule has 1 nitrogen and oxygen atoms in total. The highest BCUT2D eigenvalue weighted by atomic mass is 79.9. The van der Waals surface area contributed by atoms with Crippen LogP contribution in [-0.4, -0.2) is 6.26 Å². The van der Waals surface area contributed by atoms with Crippen LogP contribution in [0.2, 0.25) is 0 Å². The number of benzene rings is 3. The minimum Gasteiger partial charge on any atom is -1.00 e. The highest BCUT2D eigenvalue weighted by Crippen LogP contribution is 2.62. The third kappa shape index (κ3) is 3.79. The molecular weight excluding hydrogens is 421 g/mol. The summed E-state index contributed by atoms with van der Waals surface area (Å²) in [5.41, 5.74) is 0. The largest absolute Gasteiger partial charge is 1.00 e. The van der Waals surface area contributed by atoms with E-state index in [1.807, 2.05) is 29.9 Å². The average Bonchev–Trinajstić information content (AvgIpc) is 2.70. The van der Waals surface area contributed by atoms with Gasteiger partial charge in [0.15, 0.2) is 12.6 Å². The summed E-state index contributed by atoms with van der Waals surface area (Å²) in [6.45, 7) is 0. The van der Waals surface area contributed by atoms with E-state index in [4.69, 9.17) is 0 Å². The number of hydrogen-bond donors (Lipinski definition) is 0. The van der Waals surface area contributed by atoms with Crippen LogP contribution in [0.1, 0.15) is 0 Å². The molecule has 4 heteroatoms. The first kappa shape index (κ1) is 20.5. The molecule has 0 bridgehead atoms. The summed E-state index contributed by atoms with van der Waals surface area (Å²) in [5, 5.41) is 16.5. The topological polar surface area (TPSA) is 23.8 Å². The van der Waals surface area contributed by atoms with Gasteiger partial charge in [0.1, 0.15) is 22.0 Å². The minimum absolute atomic E-state index is 0. The first-order valence-corrected chi connectivity index (χ1v) is 11.1. The molecule has 0 aliphatic carbocycles. The van der Waals surface area contributed by atoms with E-state index in [1.54, 1.807) is 11.8 Å². The van der Waals surface area contributed by atoms with Crippen LogP contribution in [0.5, 0.6) is 0 Å². The van der Waals surface area contributed by atoms with Crippen molar-refractivity contribution in [3.05, 3.63) is 102 Å². The maximum Gasteiger partial charge on any atom is 0.191 e. The zero-order chi connectivity index (χ0) is 17.5. The van der Waals surface area contributed by atoms with Crippen LogP contribution in [-0.2, 0) is 0 Å². The van der Waals surface area contributed by atoms with Crippen molar-refractivity contribution < 1.29 is 17.0 Å². The lowest BCUT2D eigenvalue weighted by Crippen LogP contribution is -3.00. The molecule has 0 amide bonds. The zero-order valence-electron chi connectivity index (χ0n) is 14.4. The van der Waals surface area contributed by atoms with E-state index in [-0.39, 0.29) is 17.0 Å². The highest BCUT2D eigenvalue weighted by molar-refractivity contribution is 8.03. The van der Waals surface area contributed by atoms with E-state index in [0.717, 1.165) is 5.31 Å². The third-order valence-electron chi connectivity index (χ3n) is 4.14. The summed E-state index contributed by atoms with van der Waals surface area (Å²) < 4.78 is 0. The molecule has 3 aromatic rings. The first-order chi connectivity index (χ1) is 12.3. The monoisotopic (exact) mass is 439 g/mol. The summed E-state index contributed by atoms with van der Waals surface area (Å²) in [7, 11) is -2.20. The highest BCUT2D eigenvalue weighted by Gasteiger charge is 2.49. The van der Waals surface area contributed by atoms with Crippen molar-refractivity contribution in [1.29, 1.82) is 5.26 Å². The van der Waals surface area contributed by atoms with E-state index in [2.05, 4.69) is 78.9 Å². The molecule has 0 fully saturated rings. The van der Waals surface area contributed by atoms with Crippen LogP contribution in [0, 0.1) is 11.3 Å². The van der Waals surface area contributed by atoms with Gasteiger partial charge in [-0.2, -0.15) is 5.26 Å². The Hall–Kier alpha value is -1.85. The molecule has 0 radical (unpaired) electrons. The number of halogens is 1. The van der Waals surface area contributed by atoms with Gasteiger partial charge in [-0.15, -0.1) is 11.8 Å². The van der Waals surface area contributed by atoms with E-state index in [9.17, 15) is 5.26 Å². The van der Waals surface area contributed by atoms with Crippen molar-refractivity contribution in [2.24, 2.45) is 0 Å². The average molecular weight is 440 g/mol. The predicted octanol–water partition coefficient (Wildman–Crippen LogP) is 1.71. The van der Waals surface area contributed by atoms with Gasteiger partial charge >= 0.3 is 0 Å². The van der Waals surface area contributed by atoms with Gasteiger partial charge in [0.2, 0.25) is 0 Å². The molecule has 3 aromatic carbocycles. The minimum atomic E-state index is -2.20. The lowest BCUT2D eigenvalue weighted by Gasteiger charge is -2.26. The lowest BCUT2D eigenvalue weighted by molar-refractivity contribution is -0.00000503. The number of allylic oxidation sites excluding steroid dienone is 1. The Kier molecular flexibility index (Phi) is 7.66. The van der Waals surface area contributed by atoms with E-state index < -0.39 is 7.26 Å². The Morgan fingerprint density at radius 1 is 0.769 bits per heavy atom. The first-order valence-electron chi connectivity index (χ1n) is 8.03. The van der Waals surface area contributed by atoms with Gasteiger partial charge in [-0.25, -0.2) is 0 Å². The molecule has 0 saturated carbocycles. The normalized spacial score (nSPS) is 11.3. The summed E-state index contributed by atoms with van der Waals surface area (Å²) in [4.78, 5) is 0. The molecule has 0 aliphatic heterocycles. The predicted molar refractivity (Wildman–Crippen MR) is 112 cm³/mol. The smallest absolute Gasteiger partial charge is 0.191 e. The van der Waals surface area contributed by atoms with Crippen LogP contribution in [0.15, 0.2) is 102 Å². The Morgan fingerprint density at radius 2 is 1.12 bits per heavy atom. The lowest BCUT2D eigenvalue weighted by atomic mass is 10.4. The number of hydrogen-bond acceptors (Lipinski definition) is 2. The Bertz CT molecular complexity index is 793. The molecule has 0 aliphatic rings. The summed E-state index contributed by atoms with van der Waals surface area (Å²) in [6, 6.07) is 33.9. The Balaban J connectivity index is 0.00000243. The van der Waals surface area contributed by atoms with Crippen molar-refractivity contribution in [2.75, 3.05) is 6.26 Å². The molecule has 0 saturated heterocycles. The van der Waals surface area contributed by atoms with Gasteiger partial charge in [-0.05, 0) is 42.7 Å². The number of thioether (sulfide) groups is 1. The number of nitriles is 1. The van der Waals surface area contributed by atoms with Gasteiger partial charge in [0, 0.05) is 5.41 Å². The second-order valence-corrected chi connectivity index (χ2v) is 9.61. The maximum absolute atomic E-state index is 10.1. The molecular formula is C22H19BrNPS. The SMILES string of the molecule is CS/C=C(\C#N)[P+](c1ccccc1)(c1ccccc1)c1ccccc1.[Br-]. The van der Waals surface area contributed by atoms with Gasteiger partial charge < -0.3 is 17.0 Å². The Labute approximate surface area is 170 Å². The second kappa shape index (κ2) is 9.74. The van der Waals surface area contributed by atoms with Crippen molar-refractivity contribution in [2.45, 2.75) is 0 Å². The zero-order valence-corrected chi connectivity index (χ0v) is 17.7. The van der Waals surface area contributed by atoms with Gasteiger partial charge in [0.05, 0.1) is 0 Å². The van der Waals surface area contributed by atoms with Gasteiger partial charge in [0.25, 0.3) is 0 Å². The molecule has 0 atom stereocenters. The molecule has 130 valence electrons. The molecule has 26 heavy (non-hydrogen) atoms. The Morgan fingerprint density at radius 3 is 1.38 bits per heavy atom. The summed E-state index contributed by atoms with van der Waals surface area (Å²) >= 11 is 1.59. The standard InChI is InChI=1S/C22H19NPS.BrH/c1-25-18-22(17-23)24(19-11-5-2-6-12-19,20-13-7-3-8-14-20)21-15-9-4-10-16-21;/h2-16,18H,1H3;1H/q+1;/p-1/b22-18+;. The maximum atomic E-state index is 10.1. The third-order valence-corrected chi connectivity index (χ3v) is 8.95. The van der Waals surface area contributed by atoms with E-state index in [0.29, 0.717) is 0 Å². The van der Waals surface area contributed by atoms with E-state index >= 15 is 0 Å². The molecule has 0 spiro atoms. The van der Waals surface area contributed by atoms with Crippen LogP contribution in [0.25, 0.3) is 0 Å². The van der Waals surface area contributed by atoms with Crippen molar-refractivity contribution in [1.82, 2.24) is 0 Å². The molecule has 3 rings (SSSR count). The molecule has 0 aromatic heterocycles. The number of rotatable bonds is 5. The molecule has 0 unspecified atom stereocenters. The fraction of sp³-hybridized carbons (Fsp3) is 0.0455. The van der Waals surface area contributed by atoms with E-state index in [1.165, 1.54) is 15.9 Å². The second-order valence-electron chi connectivity index (χ2n) is 5.53. The van der Waals surface area contributed by atoms with Gasteiger partial charge in [-0.3, -0.25) is 0 Å². The molecule has 0 N–H and O–H groups in total. The van der Waals surface area contributed by atoms with Crippen molar-refractivity contribution in [3.8, 4) is 6.07 Å². The van der Waals surface area contributed by atoms with Crippen molar-refractivity contribution in [3.63, 3.8) is 0 Å². The molecule has 0 heterocycles.